The lowest BCUT2D eigenvalue weighted by Gasteiger charge is -2.48. The van der Waals surface area contributed by atoms with Gasteiger partial charge >= 0.3 is 6.09 Å². The zero-order valence-electron chi connectivity index (χ0n) is 22.2. The summed E-state index contributed by atoms with van der Waals surface area (Å²) >= 11 is 0. The third-order valence-corrected chi connectivity index (χ3v) is 9.23. The second-order valence-electron chi connectivity index (χ2n) is 12.0. The predicted molar refractivity (Wildman–Crippen MR) is 140 cm³/mol. The third kappa shape index (κ3) is 5.16. The molecule has 1 saturated carbocycles. The van der Waals surface area contributed by atoms with Gasteiger partial charge in [0, 0.05) is 37.3 Å². The number of piperidine rings is 1. The molecule has 38 heavy (non-hydrogen) atoms. The van der Waals surface area contributed by atoms with Gasteiger partial charge < -0.3 is 15.0 Å². The Bertz CT molecular complexity index is 1330. The van der Waals surface area contributed by atoms with E-state index >= 15 is 8.78 Å². The number of halogens is 2. The minimum Gasteiger partial charge on any atom is -0.444 e. The summed E-state index contributed by atoms with van der Waals surface area (Å²) in [5.41, 5.74) is -0.386. The molecule has 2 aliphatic heterocycles. The Morgan fingerprint density at radius 2 is 1.84 bits per heavy atom. The van der Waals surface area contributed by atoms with Crippen molar-refractivity contribution in [3.05, 3.63) is 30.0 Å². The van der Waals surface area contributed by atoms with E-state index in [4.69, 9.17) is 9.72 Å². The highest BCUT2D eigenvalue weighted by Crippen LogP contribution is 2.62. The van der Waals surface area contributed by atoms with Crippen molar-refractivity contribution in [2.75, 3.05) is 37.8 Å². The van der Waals surface area contributed by atoms with Crippen molar-refractivity contribution in [2.24, 2.45) is 5.41 Å². The van der Waals surface area contributed by atoms with Crippen LogP contribution in [0.1, 0.15) is 57.9 Å². The number of benzene rings is 1. The first-order valence-electron chi connectivity index (χ1n) is 13.0. The number of ether oxygens (including phenoxy) is 1. The number of carbonyl (C=O) groups is 1. The molecule has 1 aromatic carbocycles. The Morgan fingerprint density at radius 3 is 2.47 bits per heavy atom. The summed E-state index contributed by atoms with van der Waals surface area (Å²) in [6.45, 7) is 5.39. The van der Waals surface area contributed by atoms with Gasteiger partial charge in [0.25, 0.3) is 5.92 Å². The Kier molecular flexibility index (Phi) is 6.57. The third-order valence-electron chi connectivity index (χ3n) is 7.92. The fraction of sp³-hybridized carbons (Fsp3) is 0.654. The fourth-order valence-corrected chi connectivity index (χ4v) is 6.80. The van der Waals surface area contributed by atoms with E-state index in [0.29, 0.717) is 31.9 Å². The molecule has 3 heterocycles. The Balaban J connectivity index is 1.29. The fourth-order valence-electron chi connectivity index (χ4n) is 5.92. The van der Waals surface area contributed by atoms with Crippen LogP contribution in [0.5, 0.6) is 0 Å². The van der Waals surface area contributed by atoms with Crippen molar-refractivity contribution >= 4 is 33.0 Å². The van der Waals surface area contributed by atoms with Crippen LogP contribution < -0.4 is 5.32 Å². The Morgan fingerprint density at radius 1 is 1.16 bits per heavy atom. The first-order valence-corrected chi connectivity index (χ1v) is 14.8. The second-order valence-corrected chi connectivity index (χ2v) is 14.0. The van der Waals surface area contributed by atoms with Gasteiger partial charge in [-0.25, -0.2) is 36.3 Å². The maximum Gasteiger partial charge on any atom is 0.410 e. The number of fused-ring (bicyclic) bond motifs is 1. The Hall–Kier alpha value is -2.60. The number of alkyl halides is 2. The summed E-state index contributed by atoms with van der Waals surface area (Å²) in [5, 5.41) is 4.15. The molecule has 0 atom stereocenters. The first-order chi connectivity index (χ1) is 17.7. The molecule has 0 bridgehead atoms. The summed E-state index contributed by atoms with van der Waals surface area (Å²) in [6, 6.07) is 5.76. The van der Waals surface area contributed by atoms with E-state index in [-0.39, 0.29) is 31.3 Å². The molecule has 1 aromatic heterocycles. The number of nitrogens with one attached hydrogen (secondary N) is 1. The van der Waals surface area contributed by atoms with E-state index in [1.165, 1.54) is 10.6 Å². The topological polar surface area (TPSA) is 105 Å². The smallest absolute Gasteiger partial charge is 0.410 e. The van der Waals surface area contributed by atoms with Gasteiger partial charge in [-0.2, -0.15) is 0 Å². The number of hydrogen-bond donors (Lipinski definition) is 1. The van der Waals surface area contributed by atoms with Crippen molar-refractivity contribution < 1.29 is 26.7 Å². The van der Waals surface area contributed by atoms with Crippen LogP contribution in [0.25, 0.3) is 10.9 Å². The van der Waals surface area contributed by atoms with Crippen LogP contribution in [-0.2, 0) is 14.8 Å². The molecule has 12 heteroatoms. The van der Waals surface area contributed by atoms with Crippen molar-refractivity contribution in [2.45, 2.75) is 69.9 Å². The summed E-state index contributed by atoms with van der Waals surface area (Å²) in [5.74, 6) is -2.66. The van der Waals surface area contributed by atoms with Crippen LogP contribution in [0, 0.1) is 5.41 Å². The SMILES string of the molecule is CC(C)(C)OC(=O)N1CC(F)(F)C2(CC(c3cccc4cnc(NC5CCN(S(C)(=O)=O)CC5)nc34)C2)C1. The molecule has 1 N–H and O–H groups in total. The average Bonchev–Trinajstić information content (AvgIpc) is 3.08. The normalized spacial score (nSPS) is 26.5. The van der Waals surface area contributed by atoms with E-state index < -0.39 is 39.6 Å². The number of carbonyl (C=O) groups excluding carboxylic acids is 1. The maximum absolute atomic E-state index is 15.2. The number of anilines is 1. The van der Waals surface area contributed by atoms with E-state index in [2.05, 4.69) is 10.3 Å². The predicted octanol–water partition coefficient (Wildman–Crippen LogP) is 4.22. The highest BCUT2D eigenvalue weighted by molar-refractivity contribution is 7.88. The lowest BCUT2D eigenvalue weighted by molar-refractivity contribution is -0.130. The molecule has 2 saturated heterocycles. The standard InChI is InChI=1S/C26H35F2N5O4S/c1-24(2,3)37-23(34)32-15-25(26(27,28)16-32)12-18(13-25)20-7-5-6-17-14-29-22(31-21(17)20)30-19-8-10-33(11-9-19)38(4,35)36/h5-7,14,18-19H,8-13,15-16H2,1-4H3,(H,29,30,31). The van der Waals surface area contributed by atoms with Gasteiger partial charge in [0.2, 0.25) is 16.0 Å². The monoisotopic (exact) mass is 551 g/mol. The molecule has 3 fully saturated rings. The lowest BCUT2D eigenvalue weighted by Crippen LogP contribution is -2.49. The summed E-state index contributed by atoms with van der Waals surface area (Å²) in [7, 11) is -3.20. The van der Waals surface area contributed by atoms with Crippen LogP contribution in [0.4, 0.5) is 19.5 Å². The van der Waals surface area contributed by atoms with E-state index in [9.17, 15) is 13.2 Å². The lowest BCUT2D eigenvalue weighted by atomic mass is 9.58. The Labute approximate surface area is 222 Å². The average molecular weight is 552 g/mol. The minimum absolute atomic E-state index is 0.0237. The number of rotatable bonds is 4. The molecular formula is C26H35F2N5O4S. The molecule has 0 radical (unpaired) electrons. The van der Waals surface area contributed by atoms with Crippen LogP contribution in [0.15, 0.2) is 24.4 Å². The van der Waals surface area contributed by atoms with Crippen molar-refractivity contribution in [3.8, 4) is 0 Å². The number of nitrogens with zero attached hydrogens (tertiary/aromatic N) is 4. The van der Waals surface area contributed by atoms with Gasteiger partial charge in [-0.05, 0) is 57.9 Å². The summed E-state index contributed by atoms with van der Waals surface area (Å²) in [4.78, 5) is 22.8. The minimum atomic E-state index is -3.20. The molecular weight excluding hydrogens is 516 g/mol. The van der Waals surface area contributed by atoms with Crippen molar-refractivity contribution in [1.82, 2.24) is 19.2 Å². The molecule has 1 amide bonds. The van der Waals surface area contributed by atoms with Gasteiger partial charge in [-0.15, -0.1) is 0 Å². The number of para-hydroxylation sites is 1. The summed E-state index contributed by atoms with van der Waals surface area (Å²) < 4.78 is 60.8. The molecule has 2 aromatic rings. The summed E-state index contributed by atoms with van der Waals surface area (Å²) in [6.07, 6.45) is 4.05. The zero-order chi connectivity index (χ0) is 27.5. The molecule has 1 spiro atoms. The molecule has 9 nitrogen and oxygen atoms in total. The number of aromatic nitrogens is 2. The molecule has 208 valence electrons. The number of likely N-dealkylation sites (tertiary alicyclic amines) is 1. The van der Waals surface area contributed by atoms with E-state index in [1.807, 2.05) is 18.2 Å². The van der Waals surface area contributed by atoms with Crippen LogP contribution in [0.3, 0.4) is 0 Å². The molecule has 0 unspecified atom stereocenters. The van der Waals surface area contributed by atoms with E-state index in [0.717, 1.165) is 21.4 Å². The first kappa shape index (κ1) is 27.0. The quantitative estimate of drug-likeness (QED) is 0.607. The van der Waals surface area contributed by atoms with Gasteiger partial charge in [0.1, 0.15) is 5.60 Å². The molecule has 3 aliphatic rings. The number of amides is 1. The molecule has 5 rings (SSSR count). The van der Waals surface area contributed by atoms with E-state index in [1.54, 1.807) is 27.0 Å². The second kappa shape index (κ2) is 9.25. The van der Waals surface area contributed by atoms with Crippen molar-refractivity contribution in [3.63, 3.8) is 0 Å². The number of sulfonamides is 1. The van der Waals surface area contributed by atoms with Crippen molar-refractivity contribution in [1.29, 1.82) is 0 Å². The highest BCUT2D eigenvalue weighted by Gasteiger charge is 2.67. The van der Waals surface area contributed by atoms with Crippen LogP contribution in [-0.4, -0.2) is 83.7 Å². The van der Waals surface area contributed by atoms with Crippen LogP contribution in [0.2, 0.25) is 0 Å². The van der Waals surface area contributed by atoms with Crippen LogP contribution >= 0.6 is 0 Å². The van der Waals surface area contributed by atoms with Gasteiger partial charge in [0.05, 0.1) is 23.7 Å². The number of hydrogen-bond acceptors (Lipinski definition) is 7. The van der Waals surface area contributed by atoms with Gasteiger partial charge in [-0.3, -0.25) is 0 Å². The molecule has 1 aliphatic carbocycles. The highest BCUT2D eigenvalue weighted by atomic mass is 32.2. The van der Waals surface area contributed by atoms with Gasteiger partial charge in [-0.1, -0.05) is 18.2 Å². The zero-order valence-corrected chi connectivity index (χ0v) is 23.0. The maximum atomic E-state index is 15.2. The van der Waals surface area contributed by atoms with Gasteiger partial charge in [0.15, 0.2) is 0 Å². The largest absolute Gasteiger partial charge is 0.444 e.